The highest BCUT2D eigenvalue weighted by Crippen LogP contribution is 2.40. The van der Waals surface area contributed by atoms with Crippen molar-refractivity contribution in [2.75, 3.05) is 12.5 Å². The zero-order valence-electron chi connectivity index (χ0n) is 13.0. The molecule has 6 nitrogen and oxygen atoms in total. The molecule has 0 aliphatic rings. The zero-order valence-corrected chi connectivity index (χ0v) is 13.8. The van der Waals surface area contributed by atoms with Gasteiger partial charge in [0.2, 0.25) is 5.75 Å². The van der Waals surface area contributed by atoms with E-state index in [0.29, 0.717) is 11.3 Å². The Morgan fingerprint density at radius 2 is 1.54 bits per heavy atom. The largest absolute Gasteiger partial charge is 0.504 e. The minimum absolute atomic E-state index is 0.00385. The van der Waals surface area contributed by atoms with Crippen LogP contribution < -0.4 is 5.43 Å². The lowest BCUT2D eigenvalue weighted by Gasteiger charge is -2.06. The summed E-state index contributed by atoms with van der Waals surface area (Å²) in [6.45, 7) is 0. The molecular formula is C17H16O6S. The van der Waals surface area contributed by atoms with Crippen molar-refractivity contribution in [3.8, 4) is 28.6 Å². The zero-order chi connectivity index (χ0) is 17.9. The molecule has 0 amide bonds. The molecule has 3 N–H and O–H groups in total. The molecule has 0 saturated heterocycles. The van der Waals surface area contributed by atoms with E-state index in [0.717, 1.165) is 6.07 Å². The van der Waals surface area contributed by atoms with Crippen LogP contribution in [0.1, 0.15) is 0 Å². The fourth-order valence-corrected chi connectivity index (χ4v) is 2.02. The van der Waals surface area contributed by atoms with Crippen molar-refractivity contribution in [1.82, 2.24) is 0 Å². The molecule has 0 atom stereocenters. The number of aromatic hydroxyl groups is 3. The molecule has 0 spiro atoms. The van der Waals surface area contributed by atoms with Gasteiger partial charge in [-0.2, -0.15) is 0 Å². The number of benzene rings is 2. The second kappa shape index (κ2) is 7.18. The molecule has 0 bridgehead atoms. The van der Waals surface area contributed by atoms with Crippen LogP contribution in [0.2, 0.25) is 0 Å². The number of hydrogen-bond donors (Lipinski definition) is 3. The predicted molar refractivity (Wildman–Crippen MR) is 92.9 cm³/mol. The lowest BCUT2D eigenvalue weighted by Crippen LogP contribution is -2.00. The Bertz CT molecular complexity index is 943. The van der Waals surface area contributed by atoms with Gasteiger partial charge in [0.1, 0.15) is 16.7 Å². The highest BCUT2D eigenvalue weighted by molar-refractivity contribution is 7.83. The summed E-state index contributed by atoms with van der Waals surface area (Å²) in [6, 6.07) is 11.3. The number of phenolic OH excluding ortho intramolecular Hbond substituents is 3. The average Bonchev–Trinajstić information content (AvgIpc) is 2.52. The number of hydrogen-bond acceptors (Lipinski definition) is 6. The molecule has 3 rings (SSSR count). The average molecular weight is 348 g/mol. The molecule has 0 unspecified atom stereocenters. The van der Waals surface area contributed by atoms with Crippen molar-refractivity contribution < 1.29 is 23.9 Å². The van der Waals surface area contributed by atoms with E-state index in [1.807, 2.05) is 6.07 Å². The highest BCUT2D eigenvalue weighted by Gasteiger charge is 2.17. The monoisotopic (exact) mass is 348 g/mol. The number of rotatable bonds is 1. The van der Waals surface area contributed by atoms with Crippen LogP contribution in [0.4, 0.5) is 0 Å². The topological polar surface area (TPSA) is 108 Å². The third-order valence-corrected chi connectivity index (χ3v) is 3.00. The summed E-state index contributed by atoms with van der Waals surface area (Å²) >= 11 is 0. The van der Waals surface area contributed by atoms with Gasteiger partial charge in [0.05, 0.1) is 0 Å². The van der Waals surface area contributed by atoms with Crippen molar-refractivity contribution in [1.29, 1.82) is 0 Å². The van der Waals surface area contributed by atoms with Gasteiger partial charge in [0.15, 0.2) is 16.9 Å². The molecule has 24 heavy (non-hydrogen) atoms. The molecule has 0 aliphatic carbocycles. The maximum atomic E-state index is 12.0. The van der Waals surface area contributed by atoms with Crippen molar-refractivity contribution in [2.24, 2.45) is 0 Å². The lowest BCUT2D eigenvalue weighted by atomic mass is 10.1. The Hall–Kier alpha value is -2.80. The van der Waals surface area contributed by atoms with Gasteiger partial charge < -0.3 is 19.7 Å². The van der Waals surface area contributed by atoms with Crippen LogP contribution in [0.15, 0.2) is 51.7 Å². The minimum atomic E-state index is -0.739. The molecule has 0 radical (unpaired) electrons. The first kappa shape index (κ1) is 17.6. The van der Waals surface area contributed by atoms with Crippen molar-refractivity contribution >= 4 is 21.8 Å². The third kappa shape index (κ3) is 3.75. The summed E-state index contributed by atoms with van der Waals surface area (Å²) < 4.78 is 15.1. The van der Waals surface area contributed by atoms with Crippen LogP contribution in [-0.2, 0) is 10.8 Å². The first-order valence-corrected chi connectivity index (χ1v) is 8.80. The fourth-order valence-electron chi connectivity index (χ4n) is 2.02. The maximum absolute atomic E-state index is 12.0. The van der Waals surface area contributed by atoms with Gasteiger partial charge in [-0.1, -0.05) is 30.3 Å². The van der Waals surface area contributed by atoms with Gasteiger partial charge in [0, 0.05) is 41.0 Å². The second-order valence-corrected chi connectivity index (χ2v) is 6.53. The molecule has 3 aromatic rings. The molecule has 0 aliphatic heterocycles. The molecule has 0 saturated carbocycles. The van der Waals surface area contributed by atoms with Gasteiger partial charge in [-0.15, -0.1) is 0 Å². The minimum Gasteiger partial charge on any atom is -0.504 e. The molecule has 7 heteroatoms. The Morgan fingerprint density at radius 3 is 2.12 bits per heavy atom. The van der Waals surface area contributed by atoms with Gasteiger partial charge in [-0.25, -0.2) is 0 Å². The molecule has 0 fully saturated rings. The lowest BCUT2D eigenvalue weighted by molar-refractivity contribution is 0.370. The Morgan fingerprint density at radius 1 is 0.958 bits per heavy atom. The van der Waals surface area contributed by atoms with E-state index in [9.17, 15) is 24.3 Å². The van der Waals surface area contributed by atoms with Crippen molar-refractivity contribution in [3.63, 3.8) is 0 Å². The van der Waals surface area contributed by atoms with E-state index in [2.05, 4.69) is 0 Å². The summed E-state index contributed by atoms with van der Waals surface area (Å²) in [6.07, 6.45) is 3.28. The SMILES string of the molecule is CS(C)=O.O=c1cc(-c2ccccc2)oc2cc(O)c(O)c(O)c12. The summed E-state index contributed by atoms with van der Waals surface area (Å²) in [4.78, 5) is 12.0. The first-order valence-electron chi connectivity index (χ1n) is 6.83. The normalized spacial score (nSPS) is 10.5. The predicted octanol–water partition coefficient (Wildman–Crippen LogP) is 2.57. The van der Waals surface area contributed by atoms with Gasteiger partial charge in [-0.3, -0.25) is 9.00 Å². The highest BCUT2D eigenvalue weighted by atomic mass is 32.2. The van der Waals surface area contributed by atoms with Crippen LogP contribution >= 0.6 is 0 Å². The molecule has 1 heterocycles. The van der Waals surface area contributed by atoms with Crippen LogP contribution in [0.5, 0.6) is 17.2 Å². The molecular weight excluding hydrogens is 332 g/mol. The van der Waals surface area contributed by atoms with E-state index in [4.69, 9.17) is 4.42 Å². The Balaban J connectivity index is 0.000000471. The van der Waals surface area contributed by atoms with Crippen LogP contribution in [0.3, 0.4) is 0 Å². The van der Waals surface area contributed by atoms with Crippen molar-refractivity contribution in [2.45, 2.75) is 0 Å². The van der Waals surface area contributed by atoms with E-state index < -0.39 is 33.5 Å². The summed E-state index contributed by atoms with van der Waals surface area (Å²) in [5.74, 6) is -1.67. The first-order chi connectivity index (χ1) is 11.3. The van der Waals surface area contributed by atoms with Gasteiger partial charge >= 0.3 is 0 Å². The second-order valence-electron chi connectivity index (χ2n) is 5.05. The number of phenols is 3. The summed E-state index contributed by atoms with van der Waals surface area (Å²) in [5.41, 5.74) is 0.195. The molecule has 126 valence electrons. The maximum Gasteiger partial charge on any atom is 0.201 e. The molecule has 1 aromatic heterocycles. The van der Waals surface area contributed by atoms with Gasteiger partial charge in [0.25, 0.3) is 0 Å². The van der Waals surface area contributed by atoms with Gasteiger partial charge in [-0.05, 0) is 0 Å². The van der Waals surface area contributed by atoms with E-state index >= 15 is 0 Å². The van der Waals surface area contributed by atoms with E-state index in [1.54, 1.807) is 36.8 Å². The Kier molecular flexibility index (Phi) is 5.25. The van der Waals surface area contributed by atoms with Crippen LogP contribution in [0.25, 0.3) is 22.3 Å². The van der Waals surface area contributed by atoms with Crippen LogP contribution in [-0.4, -0.2) is 32.0 Å². The number of fused-ring (bicyclic) bond motifs is 1. The molecule has 2 aromatic carbocycles. The smallest absolute Gasteiger partial charge is 0.201 e. The standard InChI is InChI=1S/C15H10O5.C2H6OS/c16-9-6-11(8-4-2-1-3-5-8)20-12-7-10(17)14(18)15(19)13(9)12;1-4(2)3/h1-7,17-19H;1-2H3. The van der Waals surface area contributed by atoms with E-state index in [1.165, 1.54) is 6.07 Å². The summed E-state index contributed by atoms with van der Waals surface area (Å²) in [5, 5.41) is 28.5. The summed E-state index contributed by atoms with van der Waals surface area (Å²) in [7, 11) is -0.611. The van der Waals surface area contributed by atoms with E-state index in [-0.39, 0.29) is 11.0 Å². The van der Waals surface area contributed by atoms with Crippen LogP contribution in [0, 0.1) is 0 Å². The fraction of sp³-hybridized carbons (Fsp3) is 0.118. The van der Waals surface area contributed by atoms with Crippen molar-refractivity contribution in [3.05, 3.63) is 52.7 Å². The quantitative estimate of drug-likeness (QED) is 0.583. The Labute approximate surface area is 140 Å². The third-order valence-electron chi connectivity index (χ3n) is 3.00.